The van der Waals surface area contributed by atoms with E-state index in [1.165, 1.54) is 11.1 Å². The number of hydrogen-bond acceptors (Lipinski definition) is 1. The zero-order valence-electron chi connectivity index (χ0n) is 11.5. The largest absolute Gasteiger partial charge is 0.338 e. The molecule has 4 heteroatoms. The van der Waals surface area contributed by atoms with Crippen LogP contribution in [0.15, 0.2) is 46.9 Å². The van der Waals surface area contributed by atoms with Crippen LogP contribution in [0, 0.1) is 0 Å². The van der Waals surface area contributed by atoms with Gasteiger partial charge in [0.1, 0.15) is 0 Å². The molecular formula is C17H15BrClNO. The summed E-state index contributed by atoms with van der Waals surface area (Å²) in [6, 6.07) is 13.9. The van der Waals surface area contributed by atoms with E-state index in [0.717, 1.165) is 30.4 Å². The Bertz CT molecular complexity index is 659. The number of carbonyl (C=O) groups excluding carboxylic acids is 1. The van der Waals surface area contributed by atoms with Gasteiger partial charge in [-0.05, 0) is 52.0 Å². The van der Waals surface area contributed by atoms with E-state index >= 15 is 0 Å². The highest BCUT2D eigenvalue weighted by molar-refractivity contribution is 9.10. The van der Waals surface area contributed by atoms with Crippen LogP contribution in [0.3, 0.4) is 0 Å². The predicted molar refractivity (Wildman–Crippen MR) is 88.9 cm³/mol. The maximum atomic E-state index is 12.7. The van der Waals surface area contributed by atoms with Crippen molar-refractivity contribution in [1.29, 1.82) is 0 Å². The third-order valence-electron chi connectivity index (χ3n) is 3.89. The first-order valence-corrected chi connectivity index (χ1v) is 8.14. The normalized spacial score (nSPS) is 14.5. The van der Waals surface area contributed by atoms with Crippen LogP contribution < -0.4 is 0 Å². The van der Waals surface area contributed by atoms with Crippen LogP contribution in [0.4, 0.5) is 0 Å². The summed E-state index contributed by atoms with van der Waals surface area (Å²) in [4.78, 5) is 14.6. The van der Waals surface area contributed by atoms with Gasteiger partial charge in [-0.3, -0.25) is 4.79 Å². The molecule has 0 bridgehead atoms. The van der Waals surface area contributed by atoms with E-state index in [2.05, 4.69) is 40.2 Å². The minimum Gasteiger partial charge on any atom is -0.338 e. The molecule has 0 saturated carbocycles. The Kier molecular flexibility index (Phi) is 4.32. The van der Waals surface area contributed by atoms with Crippen molar-refractivity contribution in [2.24, 2.45) is 0 Å². The fourth-order valence-corrected chi connectivity index (χ4v) is 3.28. The third kappa shape index (κ3) is 2.99. The lowest BCUT2D eigenvalue weighted by Gasteiger charge is -2.21. The monoisotopic (exact) mass is 363 g/mol. The lowest BCUT2D eigenvalue weighted by molar-refractivity contribution is 0.0763. The second-order valence-corrected chi connectivity index (χ2v) is 6.39. The zero-order chi connectivity index (χ0) is 14.8. The number of fused-ring (bicyclic) bond motifs is 1. The highest BCUT2D eigenvalue weighted by atomic mass is 79.9. The summed E-state index contributed by atoms with van der Waals surface area (Å²) in [5, 5.41) is 0.490. The zero-order valence-corrected chi connectivity index (χ0v) is 13.8. The molecule has 108 valence electrons. The van der Waals surface area contributed by atoms with E-state index < -0.39 is 0 Å². The number of benzene rings is 2. The Balaban J connectivity index is 1.83. The Hall–Kier alpha value is -1.32. The summed E-state index contributed by atoms with van der Waals surface area (Å²) in [7, 11) is 0. The lowest BCUT2D eigenvalue weighted by atomic mass is 10.0. The van der Waals surface area contributed by atoms with Gasteiger partial charge in [-0.2, -0.15) is 0 Å². The Morgan fingerprint density at radius 1 is 1.00 bits per heavy atom. The van der Waals surface area contributed by atoms with Gasteiger partial charge < -0.3 is 4.90 Å². The van der Waals surface area contributed by atoms with Crippen LogP contribution in [-0.2, 0) is 12.8 Å². The molecule has 0 radical (unpaired) electrons. The molecule has 3 rings (SSSR count). The van der Waals surface area contributed by atoms with E-state index in [4.69, 9.17) is 11.6 Å². The number of nitrogens with zero attached hydrogens (tertiary/aromatic N) is 1. The molecule has 0 N–H and O–H groups in total. The topological polar surface area (TPSA) is 20.3 Å². The van der Waals surface area contributed by atoms with E-state index in [9.17, 15) is 4.79 Å². The summed E-state index contributed by atoms with van der Waals surface area (Å²) < 4.78 is 0.758. The van der Waals surface area contributed by atoms with Crippen molar-refractivity contribution >= 4 is 33.4 Å². The second kappa shape index (κ2) is 6.20. The fourth-order valence-electron chi connectivity index (χ4n) is 2.71. The number of hydrogen-bond donors (Lipinski definition) is 0. The third-order valence-corrected chi connectivity index (χ3v) is 5.19. The summed E-state index contributed by atoms with van der Waals surface area (Å²) in [6.45, 7) is 1.47. The first kappa shape index (κ1) is 14.6. The Morgan fingerprint density at radius 3 is 2.24 bits per heavy atom. The Morgan fingerprint density at radius 2 is 1.62 bits per heavy atom. The minimum atomic E-state index is 0.00843. The van der Waals surface area contributed by atoms with Crippen molar-refractivity contribution in [3.63, 3.8) is 0 Å². The first-order valence-electron chi connectivity index (χ1n) is 6.97. The van der Waals surface area contributed by atoms with E-state index in [1.807, 2.05) is 17.0 Å². The highest BCUT2D eigenvalue weighted by Gasteiger charge is 2.21. The van der Waals surface area contributed by atoms with Crippen LogP contribution in [0.2, 0.25) is 5.02 Å². The van der Waals surface area contributed by atoms with Crippen molar-refractivity contribution in [2.45, 2.75) is 12.8 Å². The van der Waals surface area contributed by atoms with Crippen molar-refractivity contribution in [2.75, 3.05) is 13.1 Å². The van der Waals surface area contributed by atoms with Crippen LogP contribution >= 0.6 is 27.5 Å². The molecule has 0 aliphatic carbocycles. The quantitative estimate of drug-likeness (QED) is 0.737. The molecule has 1 heterocycles. The number of halogens is 2. The summed E-state index contributed by atoms with van der Waals surface area (Å²) in [6.07, 6.45) is 1.79. The molecule has 2 aromatic carbocycles. The molecule has 0 spiro atoms. The summed E-state index contributed by atoms with van der Waals surface area (Å²) in [5.41, 5.74) is 3.25. The van der Waals surface area contributed by atoms with Gasteiger partial charge in [-0.25, -0.2) is 0 Å². The number of rotatable bonds is 1. The van der Waals surface area contributed by atoms with Crippen LogP contribution in [0.25, 0.3) is 0 Å². The van der Waals surface area contributed by atoms with Gasteiger partial charge in [-0.1, -0.05) is 41.9 Å². The molecule has 2 aromatic rings. The maximum Gasteiger partial charge on any atom is 0.255 e. The van der Waals surface area contributed by atoms with Gasteiger partial charge in [0.2, 0.25) is 0 Å². The van der Waals surface area contributed by atoms with Gasteiger partial charge >= 0.3 is 0 Å². The first-order chi connectivity index (χ1) is 10.2. The molecule has 0 aromatic heterocycles. The van der Waals surface area contributed by atoms with Gasteiger partial charge in [0.05, 0.1) is 10.6 Å². The van der Waals surface area contributed by atoms with Crippen molar-refractivity contribution in [3.8, 4) is 0 Å². The van der Waals surface area contributed by atoms with Crippen LogP contribution in [0.5, 0.6) is 0 Å². The average Bonchev–Trinajstić information content (AvgIpc) is 2.72. The fraction of sp³-hybridized carbons (Fsp3) is 0.235. The number of amides is 1. The lowest BCUT2D eigenvalue weighted by Crippen LogP contribution is -2.33. The standard InChI is InChI=1S/C17H15BrClNO/c18-15-7-3-6-14(16(15)19)17(21)20-10-8-12-4-1-2-5-13(12)9-11-20/h1-7H,8-11H2. The summed E-state index contributed by atoms with van der Waals surface area (Å²) >= 11 is 9.62. The van der Waals surface area contributed by atoms with Crippen molar-refractivity contribution in [3.05, 3.63) is 68.7 Å². The Labute approximate surface area is 137 Å². The molecule has 21 heavy (non-hydrogen) atoms. The van der Waals surface area contributed by atoms with Crippen molar-refractivity contribution in [1.82, 2.24) is 4.90 Å². The summed E-state index contributed by atoms with van der Waals surface area (Å²) in [5.74, 6) is 0.00843. The SMILES string of the molecule is O=C(c1cccc(Br)c1Cl)N1CCc2ccccc2CC1. The van der Waals surface area contributed by atoms with Crippen molar-refractivity contribution < 1.29 is 4.79 Å². The molecule has 0 fully saturated rings. The van der Waals surface area contributed by atoms with Gasteiger partial charge in [0.25, 0.3) is 5.91 Å². The predicted octanol–water partition coefficient (Wildman–Crippen LogP) is 4.34. The molecule has 1 aliphatic rings. The van der Waals surface area contributed by atoms with Gasteiger partial charge in [0, 0.05) is 17.6 Å². The van der Waals surface area contributed by atoms with E-state index in [-0.39, 0.29) is 5.91 Å². The maximum absolute atomic E-state index is 12.7. The smallest absolute Gasteiger partial charge is 0.255 e. The number of carbonyl (C=O) groups is 1. The molecule has 1 amide bonds. The van der Waals surface area contributed by atoms with Crippen LogP contribution in [-0.4, -0.2) is 23.9 Å². The molecule has 1 aliphatic heterocycles. The average molecular weight is 365 g/mol. The van der Waals surface area contributed by atoms with Gasteiger partial charge in [-0.15, -0.1) is 0 Å². The second-order valence-electron chi connectivity index (χ2n) is 5.16. The van der Waals surface area contributed by atoms with E-state index in [0.29, 0.717) is 10.6 Å². The highest BCUT2D eigenvalue weighted by Crippen LogP contribution is 2.27. The van der Waals surface area contributed by atoms with E-state index in [1.54, 1.807) is 6.07 Å². The molecule has 2 nitrogen and oxygen atoms in total. The molecule has 0 atom stereocenters. The molecular weight excluding hydrogens is 350 g/mol. The molecule has 0 saturated heterocycles. The minimum absolute atomic E-state index is 0.00843. The molecule has 0 unspecified atom stereocenters. The van der Waals surface area contributed by atoms with Crippen LogP contribution in [0.1, 0.15) is 21.5 Å². The van der Waals surface area contributed by atoms with Gasteiger partial charge in [0.15, 0.2) is 0 Å².